The van der Waals surface area contributed by atoms with Gasteiger partial charge in [0, 0.05) is 6.04 Å². The molecule has 2 rings (SSSR count). The molecule has 1 aliphatic heterocycles. The summed E-state index contributed by atoms with van der Waals surface area (Å²) in [6.45, 7) is 8.88. The predicted molar refractivity (Wildman–Crippen MR) is 88.0 cm³/mol. The van der Waals surface area contributed by atoms with Gasteiger partial charge < -0.3 is 4.90 Å². The standard InChI is InChI=1S/C18H34N2O/c1-5-7-14-8-10-15(11-9-14)20-17(6-2)19-16(18(20)21)12-13(3)4/h13-17,19H,5-12H2,1-4H3. The third kappa shape index (κ3) is 4.00. The molecule has 2 aliphatic rings. The lowest BCUT2D eigenvalue weighted by atomic mass is 9.82. The first-order chi connectivity index (χ1) is 10.1. The molecule has 1 amide bonds. The van der Waals surface area contributed by atoms with Crippen LogP contribution in [0.5, 0.6) is 0 Å². The van der Waals surface area contributed by atoms with Crippen LogP contribution in [0.4, 0.5) is 0 Å². The van der Waals surface area contributed by atoms with Crippen molar-refractivity contribution in [1.82, 2.24) is 10.2 Å². The number of hydrogen-bond acceptors (Lipinski definition) is 2. The fraction of sp³-hybridized carbons (Fsp3) is 0.944. The van der Waals surface area contributed by atoms with Crippen LogP contribution in [0.3, 0.4) is 0 Å². The molecule has 0 aromatic rings. The first-order valence-electron chi connectivity index (χ1n) is 9.15. The van der Waals surface area contributed by atoms with Crippen molar-refractivity contribution in [1.29, 1.82) is 0 Å². The van der Waals surface area contributed by atoms with Gasteiger partial charge in [-0.3, -0.25) is 10.1 Å². The maximum absolute atomic E-state index is 12.8. The second kappa shape index (κ2) is 7.62. The molecule has 1 aliphatic carbocycles. The van der Waals surface area contributed by atoms with Gasteiger partial charge in [-0.05, 0) is 50.4 Å². The summed E-state index contributed by atoms with van der Waals surface area (Å²) < 4.78 is 0. The molecule has 122 valence electrons. The summed E-state index contributed by atoms with van der Waals surface area (Å²) in [5, 5.41) is 3.58. The highest BCUT2D eigenvalue weighted by molar-refractivity contribution is 5.84. The summed E-state index contributed by atoms with van der Waals surface area (Å²) in [7, 11) is 0. The summed E-state index contributed by atoms with van der Waals surface area (Å²) in [4.78, 5) is 15.0. The Hall–Kier alpha value is -0.570. The fourth-order valence-corrected chi connectivity index (χ4v) is 4.23. The average Bonchev–Trinajstić information content (AvgIpc) is 2.76. The minimum atomic E-state index is 0.0586. The minimum absolute atomic E-state index is 0.0586. The molecule has 2 fully saturated rings. The van der Waals surface area contributed by atoms with Crippen molar-refractivity contribution in [3.63, 3.8) is 0 Å². The molecule has 0 aromatic carbocycles. The lowest BCUT2D eigenvalue weighted by Gasteiger charge is -2.37. The zero-order valence-corrected chi connectivity index (χ0v) is 14.4. The van der Waals surface area contributed by atoms with Crippen molar-refractivity contribution in [2.75, 3.05) is 0 Å². The van der Waals surface area contributed by atoms with E-state index in [1.54, 1.807) is 0 Å². The summed E-state index contributed by atoms with van der Waals surface area (Å²) in [6, 6.07) is 0.545. The van der Waals surface area contributed by atoms with Crippen LogP contribution in [0.25, 0.3) is 0 Å². The zero-order chi connectivity index (χ0) is 15.4. The zero-order valence-electron chi connectivity index (χ0n) is 14.4. The number of amides is 1. The van der Waals surface area contributed by atoms with E-state index in [-0.39, 0.29) is 12.2 Å². The molecule has 2 atom stereocenters. The van der Waals surface area contributed by atoms with E-state index in [4.69, 9.17) is 0 Å². The van der Waals surface area contributed by atoms with Gasteiger partial charge in [-0.2, -0.15) is 0 Å². The monoisotopic (exact) mass is 294 g/mol. The van der Waals surface area contributed by atoms with E-state index in [1.165, 1.54) is 38.5 Å². The Morgan fingerprint density at radius 2 is 1.86 bits per heavy atom. The SMILES string of the molecule is CCCC1CCC(N2C(=O)C(CC(C)C)NC2CC)CC1. The molecule has 3 nitrogen and oxygen atoms in total. The Morgan fingerprint density at radius 1 is 1.19 bits per heavy atom. The molecule has 0 spiro atoms. The Bertz CT molecular complexity index is 334. The smallest absolute Gasteiger partial charge is 0.241 e. The maximum Gasteiger partial charge on any atom is 0.241 e. The number of nitrogens with zero attached hydrogens (tertiary/aromatic N) is 1. The van der Waals surface area contributed by atoms with E-state index in [2.05, 4.69) is 37.9 Å². The molecular formula is C18H34N2O. The Balaban J connectivity index is 1.96. The van der Waals surface area contributed by atoms with E-state index >= 15 is 0 Å². The third-order valence-electron chi connectivity index (χ3n) is 5.28. The van der Waals surface area contributed by atoms with Crippen molar-refractivity contribution in [3.05, 3.63) is 0 Å². The number of hydrogen-bond donors (Lipinski definition) is 1. The summed E-state index contributed by atoms with van der Waals surface area (Å²) in [5.74, 6) is 1.85. The van der Waals surface area contributed by atoms with Gasteiger partial charge in [-0.15, -0.1) is 0 Å². The molecule has 0 bridgehead atoms. The van der Waals surface area contributed by atoms with Gasteiger partial charge in [-0.25, -0.2) is 0 Å². The quantitative estimate of drug-likeness (QED) is 0.805. The summed E-state index contributed by atoms with van der Waals surface area (Å²) >= 11 is 0. The molecule has 1 saturated heterocycles. The van der Waals surface area contributed by atoms with Crippen LogP contribution in [0.2, 0.25) is 0 Å². The van der Waals surface area contributed by atoms with E-state index in [0.29, 0.717) is 17.9 Å². The number of carbonyl (C=O) groups is 1. The van der Waals surface area contributed by atoms with Crippen molar-refractivity contribution < 1.29 is 4.79 Å². The third-order valence-corrected chi connectivity index (χ3v) is 5.28. The maximum atomic E-state index is 12.8. The molecular weight excluding hydrogens is 260 g/mol. The molecule has 1 saturated carbocycles. The lowest BCUT2D eigenvalue weighted by molar-refractivity contribution is -0.133. The highest BCUT2D eigenvalue weighted by Gasteiger charge is 2.42. The second-order valence-corrected chi connectivity index (χ2v) is 7.48. The van der Waals surface area contributed by atoms with Gasteiger partial charge in [0.2, 0.25) is 5.91 Å². The van der Waals surface area contributed by atoms with Crippen molar-refractivity contribution in [2.24, 2.45) is 11.8 Å². The van der Waals surface area contributed by atoms with Gasteiger partial charge in [0.25, 0.3) is 0 Å². The Morgan fingerprint density at radius 3 is 2.38 bits per heavy atom. The lowest BCUT2D eigenvalue weighted by Crippen LogP contribution is -2.45. The van der Waals surface area contributed by atoms with Crippen LogP contribution in [0, 0.1) is 11.8 Å². The van der Waals surface area contributed by atoms with Gasteiger partial charge >= 0.3 is 0 Å². The van der Waals surface area contributed by atoms with Gasteiger partial charge in [-0.1, -0.05) is 40.5 Å². The molecule has 1 heterocycles. The van der Waals surface area contributed by atoms with Crippen LogP contribution in [-0.2, 0) is 4.79 Å². The van der Waals surface area contributed by atoms with Gasteiger partial charge in [0.15, 0.2) is 0 Å². The van der Waals surface area contributed by atoms with Crippen LogP contribution >= 0.6 is 0 Å². The molecule has 1 N–H and O–H groups in total. The van der Waals surface area contributed by atoms with Crippen LogP contribution in [0.1, 0.15) is 79.1 Å². The second-order valence-electron chi connectivity index (χ2n) is 7.48. The highest BCUT2D eigenvalue weighted by atomic mass is 16.2. The average molecular weight is 294 g/mol. The molecule has 3 heteroatoms. The highest BCUT2D eigenvalue weighted by Crippen LogP contribution is 2.33. The Labute approximate surface area is 130 Å². The van der Waals surface area contributed by atoms with E-state index < -0.39 is 0 Å². The van der Waals surface area contributed by atoms with Crippen LogP contribution < -0.4 is 5.32 Å². The van der Waals surface area contributed by atoms with E-state index in [9.17, 15) is 4.79 Å². The van der Waals surface area contributed by atoms with Crippen molar-refractivity contribution in [3.8, 4) is 0 Å². The fourth-order valence-electron chi connectivity index (χ4n) is 4.23. The van der Waals surface area contributed by atoms with Crippen LogP contribution in [-0.4, -0.2) is 29.1 Å². The van der Waals surface area contributed by atoms with E-state index in [1.807, 2.05) is 0 Å². The first kappa shape index (κ1) is 16.8. The number of nitrogens with one attached hydrogen (secondary N) is 1. The molecule has 0 radical (unpaired) electrons. The molecule has 0 aromatic heterocycles. The predicted octanol–water partition coefficient (Wildman–Crippen LogP) is 3.93. The van der Waals surface area contributed by atoms with Gasteiger partial charge in [0.1, 0.15) is 0 Å². The normalized spacial score (nSPS) is 34.0. The molecule has 2 unspecified atom stereocenters. The van der Waals surface area contributed by atoms with E-state index in [0.717, 1.165) is 18.8 Å². The van der Waals surface area contributed by atoms with Crippen molar-refractivity contribution in [2.45, 2.75) is 97.3 Å². The van der Waals surface area contributed by atoms with Crippen molar-refractivity contribution >= 4 is 5.91 Å². The minimum Gasteiger partial charge on any atom is -0.323 e. The number of rotatable bonds is 6. The Kier molecular flexibility index (Phi) is 6.09. The summed E-state index contributed by atoms with van der Waals surface area (Å²) in [5.41, 5.74) is 0. The van der Waals surface area contributed by atoms with Gasteiger partial charge in [0.05, 0.1) is 12.2 Å². The van der Waals surface area contributed by atoms with Crippen LogP contribution in [0.15, 0.2) is 0 Å². The molecule has 21 heavy (non-hydrogen) atoms. The number of carbonyl (C=O) groups excluding carboxylic acids is 1. The summed E-state index contributed by atoms with van der Waals surface area (Å²) in [6.07, 6.45) is 9.98. The largest absolute Gasteiger partial charge is 0.323 e. The first-order valence-corrected chi connectivity index (χ1v) is 9.15. The topological polar surface area (TPSA) is 32.3 Å².